The van der Waals surface area contributed by atoms with E-state index in [1.165, 1.54) is 0 Å². The van der Waals surface area contributed by atoms with Crippen molar-refractivity contribution in [3.63, 3.8) is 0 Å². The first-order chi connectivity index (χ1) is 10.7. The van der Waals surface area contributed by atoms with E-state index in [1.807, 2.05) is 0 Å². The number of amides is 2. The second-order valence-corrected chi connectivity index (χ2v) is 7.12. The van der Waals surface area contributed by atoms with Gasteiger partial charge in [-0.2, -0.15) is 4.39 Å². The van der Waals surface area contributed by atoms with Gasteiger partial charge >= 0.3 is 6.09 Å². The fourth-order valence-electron chi connectivity index (χ4n) is 3.09. The molecule has 1 aliphatic carbocycles. The van der Waals surface area contributed by atoms with Gasteiger partial charge in [0.05, 0.1) is 0 Å². The number of ketones is 1. The second kappa shape index (κ2) is 6.68. The molecule has 7 heteroatoms. The molecule has 0 aromatic heterocycles. The molecule has 1 saturated carbocycles. The van der Waals surface area contributed by atoms with Crippen LogP contribution in [0.1, 0.15) is 46.5 Å². The quantitative estimate of drug-likeness (QED) is 0.602. The summed E-state index contributed by atoms with van der Waals surface area (Å²) in [6.07, 6.45) is 2.95. The van der Waals surface area contributed by atoms with E-state index in [-0.39, 0.29) is 12.0 Å². The van der Waals surface area contributed by atoms with Gasteiger partial charge in [0.1, 0.15) is 11.5 Å². The minimum atomic E-state index is -0.892. The third-order valence-corrected chi connectivity index (χ3v) is 4.06. The highest BCUT2D eigenvalue weighted by atomic mass is 19.1. The van der Waals surface area contributed by atoms with Crippen molar-refractivity contribution in [1.82, 2.24) is 10.6 Å². The molecule has 0 aromatic carbocycles. The van der Waals surface area contributed by atoms with Crippen molar-refractivity contribution in [1.29, 1.82) is 0 Å². The highest BCUT2D eigenvalue weighted by molar-refractivity contribution is 6.09. The molecule has 0 saturated heterocycles. The number of carbonyl (C=O) groups is 3. The minimum absolute atomic E-state index is 0.0323. The summed E-state index contributed by atoms with van der Waals surface area (Å²) in [5.74, 6) is -2.88. The molecular formula is C16H23FN2O4. The Morgan fingerprint density at radius 1 is 1.26 bits per heavy atom. The van der Waals surface area contributed by atoms with Crippen molar-refractivity contribution in [2.45, 2.75) is 58.1 Å². The maximum atomic E-state index is 13.0. The molecule has 2 aliphatic rings. The lowest BCUT2D eigenvalue weighted by atomic mass is 9.75. The summed E-state index contributed by atoms with van der Waals surface area (Å²) in [6, 6.07) is -0.0323. The second-order valence-electron chi connectivity index (χ2n) is 7.12. The van der Waals surface area contributed by atoms with E-state index < -0.39 is 35.3 Å². The summed E-state index contributed by atoms with van der Waals surface area (Å²) in [5.41, 5.74) is -0.551. The Morgan fingerprint density at radius 3 is 2.39 bits per heavy atom. The molecule has 0 radical (unpaired) electrons. The van der Waals surface area contributed by atoms with Crippen molar-refractivity contribution < 1.29 is 23.5 Å². The van der Waals surface area contributed by atoms with Crippen molar-refractivity contribution in [3.05, 3.63) is 12.0 Å². The number of allylic oxidation sites excluding steroid dienone is 1. The van der Waals surface area contributed by atoms with Gasteiger partial charge in [0, 0.05) is 12.1 Å². The van der Waals surface area contributed by atoms with Crippen LogP contribution in [0.25, 0.3) is 0 Å². The maximum Gasteiger partial charge on any atom is 0.407 e. The van der Waals surface area contributed by atoms with Crippen LogP contribution in [0.3, 0.4) is 0 Å². The number of rotatable bonds is 2. The first-order valence-corrected chi connectivity index (χ1v) is 7.87. The Hall–Kier alpha value is -1.92. The van der Waals surface area contributed by atoms with Gasteiger partial charge in [-0.15, -0.1) is 0 Å². The van der Waals surface area contributed by atoms with E-state index in [0.717, 1.165) is 6.08 Å². The first-order valence-electron chi connectivity index (χ1n) is 7.87. The Morgan fingerprint density at radius 2 is 1.87 bits per heavy atom. The molecule has 1 unspecified atom stereocenters. The third kappa shape index (κ3) is 4.77. The zero-order valence-corrected chi connectivity index (χ0v) is 13.6. The van der Waals surface area contributed by atoms with Crippen LogP contribution in [0.5, 0.6) is 0 Å². The summed E-state index contributed by atoms with van der Waals surface area (Å²) in [4.78, 5) is 35.4. The molecule has 6 nitrogen and oxygen atoms in total. The van der Waals surface area contributed by atoms with Crippen LogP contribution in [0.15, 0.2) is 12.0 Å². The number of hydrogen-bond acceptors (Lipinski definition) is 4. The molecule has 1 fully saturated rings. The van der Waals surface area contributed by atoms with Gasteiger partial charge in [0.2, 0.25) is 5.91 Å². The Balaban J connectivity index is 1.86. The minimum Gasteiger partial charge on any atom is -0.444 e. The summed E-state index contributed by atoms with van der Waals surface area (Å²) in [7, 11) is 0. The van der Waals surface area contributed by atoms with E-state index in [0.29, 0.717) is 25.7 Å². The molecule has 23 heavy (non-hydrogen) atoms. The summed E-state index contributed by atoms with van der Waals surface area (Å²) >= 11 is 0. The first kappa shape index (κ1) is 17.4. The van der Waals surface area contributed by atoms with Crippen LogP contribution < -0.4 is 10.6 Å². The molecular weight excluding hydrogens is 303 g/mol. The normalized spacial score (nSPS) is 28.7. The fraction of sp³-hybridized carbons (Fsp3) is 0.688. The van der Waals surface area contributed by atoms with Crippen molar-refractivity contribution in [2.24, 2.45) is 11.8 Å². The standard InChI is InChI=1S/C16H23FN2O4/c1-16(2,3)23-15(22)18-10-6-4-9(5-7-10)13-11(20)8-12(17)19-14(13)21/h8-10,13H,4-7H2,1-3H3,(H,18,22)(H,19,21). The fourth-order valence-corrected chi connectivity index (χ4v) is 3.09. The van der Waals surface area contributed by atoms with Gasteiger partial charge in [-0.1, -0.05) is 0 Å². The van der Waals surface area contributed by atoms with Crippen LogP contribution in [0.4, 0.5) is 9.18 Å². The van der Waals surface area contributed by atoms with Crippen LogP contribution in [0.2, 0.25) is 0 Å². The average Bonchev–Trinajstić information content (AvgIpc) is 2.37. The van der Waals surface area contributed by atoms with Gasteiger partial charge in [-0.05, 0) is 52.4 Å². The van der Waals surface area contributed by atoms with E-state index in [4.69, 9.17) is 4.74 Å². The number of halogens is 1. The lowest BCUT2D eigenvalue weighted by Crippen LogP contribution is -2.46. The SMILES string of the molecule is CC(C)(C)OC(=O)NC1CCC(C2C(=O)C=C(F)NC2=O)CC1. The Kier molecular flexibility index (Phi) is 5.06. The topological polar surface area (TPSA) is 84.5 Å². The third-order valence-electron chi connectivity index (χ3n) is 4.06. The van der Waals surface area contributed by atoms with E-state index >= 15 is 0 Å². The zero-order valence-electron chi connectivity index (χ0n) is 13.6. The number of alkyl carbamates (subject to hydrolysis) is 1. The van der Waals surface area contributed by atoms with Gasteiger partial charge < -0.3 is 15.4 Å². The van der Waals surface area contributed by atoms with Gasteiger partial charge in [-0.25, -0.2) is 4.79 Å². The Bertz CT molecular complexity index is 531. The number of nitrogens with one attached hydrogen (secondary N) is 2. The molecule has 2 amide bonds. The monoisotopic (exact) mass is 326 g/mol. The molecule has 0 aromatic rings. The average molecular weight is 326 g/mol. The van der Waals surface area contributed by atoms with Crippen molar-refractivity contribution in [2.75, 3.05) is 0 Å². The van der Waals surface area contributed by atoms with E-state index in [1.54, 1.807) is 20.8 Å². The summed E-state index contributed by atoms with van der Waals surface area (Å²) in [6.45, 7) is 5.39. The lowest BCUT2D eigenvalue weighted by molar-refractivity contribution is -0.135. The van der Waals surface area contributed by atoms with Crippen molar-refractivity contribution >= 4 is 17.8 Å². The molecule has 1 atom stereocenters. The highest BCUT2D eigenvalue weighted by Crippen LogP contribution is 2.33. The van der Waals surface area contributed by atoms with E-state index in [9.17, 15) is 18.8 Å². The van der Waals surface area contributed by atoms with Crippen molar-refractivity contribution in [3.8, 4) is 0 Å². The predicted molar refractivity (Wildman–Crippen MR) is 80.9 cm³/mol. The highest BCUT2D eigenvalue weighted by Gasteiger charge is 2.39. The largest absolute Gasteiger partial charge is 0.444 e. The zero-order chi connectivity index (χ0) is 17.2. The predicted octanol–water partition coefficient (Wildman–Crippen LogP) is 2.20. The smallest absolute Gasteiger partial charge is 0.407 e. The summed E-state index contributed by atoms with van der Waals surface area (Å²) in [5, 5.41) is 4.88. The van der Waals surface area contributed by atoms with Gasteiger partial charge in [0.25, 0.3) is 0 Å². The number of hydrogen-bond donors (Lipinski definition) is 2. The van der Waals surface area contributed by atoms with E-state index in [2.05, 4.69) is 10.6 Å². The van der Waals surface area contributed by atoms with Gasteiger partial charge in [-0.3, -0.25) is 9.59 Å². The summed E-state index contributed by atoms with van der Waals surface area (Å²) < 4.78 is 18.2. The molecule has 2 N–H and O–H groups in total. The molecule has 128 valence electrons. The number of ether oxygens (including phenoxy) is 1. The molecule has 0 spiro atoms. The van der Waals surface area contributed by atoms with Crippen LogP contribution in [0, 0.1) is 11.8 Å². The number of carbonyl (C=O) groups excluding carboxylic acids is 3. The Labute approximate surface area is 134 Å². The van der Waals surface area contributed by atoms with Crippen LogP contribution in [-0.2, 0) is 14.3 Å². The van der Waals surface area contributed by atoms with Crippen LogP contribution in [-0.4, -0.2) is 29.4 Å². The molecule has 1 aliphatic heterocycles. The molecule has 0 bridgehead atoms. The molecule has 1 heterocycles. The molecule has 2 rings (SSSR count). The van der Waals surface area contributed by atoms with Crippen LogP contribution >= 0.6 is 0 Å². The van der Waals surface area contributed by atoms with Gasteiger partial charge in [0.15, 0.2) is 11.7 Å². The maximum absolute atomic E-state index is 13.0. The lowest BCUT2D eigenvalue weighted by Gasteiger charge is -2.33.